The largest absolute Gasteiger partial charge is 0.314 e. The molecule has 0 atom stereocenters. The fraction of sp³-hybridized carbons (Fsp3) is 0.0952. The first-order chi connectivity index (χ1) is 13.9. The molecule has 4 aromatic rings. The summed E-state index contributed by atoms with van der Waals surface area (Å²) in [6.07, 6.45) is 1.70. The number of benzene rings is 2. The molecular weight excluding hydrogens is 522 g/mol. The number of hydrogen-bond acceptors (Lipinski definition) is 4. The predicted octanol–water partition coefficient (Wildman–Crippen LogP) is 5.67. The van der Waals surface area contributed by atoms with Crippen LogP contribution in [0.15, 0.2) is 59.5 Å². The van der Waals surface area contributed by atoms with Crippen molar-refractivity contribution in [1.82, 2.24) is 14.5 Å². The Morgan fingerprint density at radius 1 is 1.07 bits per heavy atom. The van der Waals surface area contributed by atoms with Crippen molar-refractivity contribution in [3.05, 3.63) is 78.7 Å². The van der Waals surface area contributed by atoms with E-state index in [2.05, 4.69) is 32.6 Å². The molecule has 0 amide bonds. The molecule has 0 N–H and O–H groups in total. The zero-order valence-electron chi connectivity index (χ0n) is 15.5. The van der Waals surface area contributed by atoms with Gasteiger partial charge in [-0.1, -0.05) is 29.3 Å². The lowest BCUT2D eigenvalue weighted by Crippen LogP contribution is -2.21. The second-order valence-corrected chi connectivity index (χ2v) is 8.56. The van der Waals surface area contributed by atoms with E-state index in [1.54, 1.807) is 37.5 Å². The maximum Gasteiger partial charge on any atom is 0.259 e. The third-order valence-corrected chi connectivity index (χ3v) is 6.03. The van der Waals surface area contributed by atoms with Gasteiger partial charge in [0.2, 0.25) is 5.95 Å². The van der Waals surface area contributed by atoms with Gasteiger partial charge in [0.25, 0.3) is 5.56 Å². The van der Waals surface area contributed by atoms with Crippen molar-refractivity contribution in [3.8, 4) is 11.1 Å². The van der Waals surface area contributed by atoms with Crippen LogP contribution in [0.25, 0.3) is 22.2 Å². The topological polar surface area (TPSA) is 51.0 Å². The fourth-order valence-electron chi connectivity index (χ4n) is 3.11. The molecule has 8 heteroatoms. The molecule has 2 heterocycles. The minimum Gasteiger partial charge on any atom is -0.314 e. The summed E-state index contributed by atoms with van der Waals surface area (Å²) in [6.45, 7) is 0. The first-order valence-corrected chi connectivity index (χ1v) is 10.5. The number of halogens is 3. The Bertz CT molecular complexity index is 1270. The van der Waals surface area contributed by atoms with Crippen LogP contribution in [-0.2, 0) is 7.05 Å². The second-order valence-electron chi connectivity index (χ2n) is 6.50. The van der Waals surface area contributed by atoms with Crippen molar-refractivity contribution >= 4 is 68.5 Å². The molecule has 29 heavy (non-hydrogen) atoms. The van der Waals surface area contributed by atoms with Crippen LogP contribution in [-0.4, -0.2) is 21.6 Å². The number of aryl methyl sites for hydroxylation is 1. The molecule has 0 fully saturated rings. The highest BCUT2D eigenvalue weighted by molar-refractivity contribution is 14.1. The van der Waals surface area contributed by atoms with Crippen molar-refractivity contribution in [2.45, 2.75) is 0 Å². The van der Waals surface area contributed by atoms with Gasteiger partial charge in [0.15, 0.2) is 0 Å². The van der Waals surface area contributed by atoms with Crippen LogP contribution in [0, 0.1) is 3.57 Å². The van der Waals surface area contributed by atoms with E-state index in [1.165, 1.54) is 4.57 Å². The van der Waals surface area contributed by atoms with Crippen LogP contribution in [0.4, 0.5) is 11.6 Å². The predicted molar refractivity (Wildman–Crippen MR) is 127 cm³/mol. The highest BCUT2D eigenvalue weighted by atomic mass is 127. The van der Waals surface area contributed by atoms with E-state index in [-0.39, 0.29) is 5.56 Å². The van der Waals surface area contributed by atoms with Crippen molar-refractivity contribution < 1.29 is 0 Å². The van der Waals surface area contributed by atoms with E-state index in [1.807, 2.05) is 36.2 Å². The summed E-state index contributed by atoms with van der Waals surface area (Å²) in [7, 11) is 3.57. The monoisotopic (exact) mass is 536 g/mol. The highest BCUT2D eigenvalue weighted by Gasteiger charge is 2.17. The maximum absolute atomic E-state index is 13.0. The van der Waals surface area contributed by atoms with Crippen LogP contribution < -0.4 is 10.5 Å². The number of anilines is 2. The summed E-state index contributed by atoms with van der Waals surface area (Å²) < 4.78 is 2.64. The van der Waals surface area contributed by atoms with Crippen LogP contribution in [0.5, 0.6) is 0 Å². The lowest BCUT2D eigenvalue weighted by atomic mass is 10.1. The molecular formula is C21H15Cl2IN4O. The van der Waals surface area contributed by atoms with E-state index < -0.39 is 0 Å². The Kier molecular flexibility index (Phi) is 5.50. The summed E-state index contributed by atoms with van der Waals surface area (Å²) in [4.78, 5) is 24.0. The third-order valence-electron chi connectivity index (χ3n) is 4.68. The van der Waals surface area contributed by atoms with Crippen LogP contribution in [0.2, 0.25) is 10.0 Å². The Balaban J connectivity index is 1.86. The molecule has 0 radical (unpaired) electrons. The first kappa shape index (κ1) is 20.1. The molecule has 4 rings (SSSR count). The van der Waals surface area contributed by atoms with Gasteiger partial charge in [-0.3, -0.25) is 9.36 Å². The van der Waals surface area contributed by atoms with Crippen LogP contribution >= 0.6 is 45.8 Å². The Hall–Kier alpha value is -2.16. The smallest absolute Gasteiger partial charge is 0.259 e. The number of nitrogens with zero attached hydrogens (tertiary/aromatic N) is 4. The number of rotatable bonds is 3. The third kappa shape index (κ3) is 3.72. The van der Waals surface area contributed by atoms with Gasteiger partial charge in [-0.2, -0.15) is 4.98 Å². The van der Waals surface area contributed by atoms with Crippen molar-refractivity contribution in [3.63, 3.8) is 0 Å². The highest BCUT2D eigenvalue weighted by Crippen LogP contribution is 2.34. The van der Waals surface area contributed by atoms with Gasteiger partial charge in [-0.25, -0.2) is 4.98 Å². The maximum atomic E-state index is 13.0. The van der Waals surface area contributed by atoms with E-state index >= 15 is 0 Å². The van der Waals surface area contributed by atoms with Crippen molar-refractivity contribution in [1.29, 1.82) is 0 Å². The van der Waals surface area contributed by atoms with Crippen molar-refractivity contribution in [2.75, 3.05) is 11.9 Å². The average molecular weight is 537 g/mol. The minimum absolute atomic E-state index is 0.228. The molecule has 0 saturated carbocycles. The number of pyridine rings is 1. The van der Waals surface area contributed by atoms with E-state index in [0.29, 0.717) is 32.8 Å². The molecule has 0 bridgehead atoms. The Morgan fingerprint density at radius 2 is 1.72 bits per heavy atom. The number of fused-ring (bicyclic) bond motifs is 1. The van der Waals surface area contributed by atoms with Crippen LogP contribution in [0.1, 0.15) is 0 Å². The van der Waals surface area contributed by atoms with Gasteiger partial charge in [-0.05, 0) is 65.1 Å². The van der Waals surface area contributed by atoms with Gasteiger partial charge >= 0.3 is 0 Å². The molecule has 2 aromatic carbocycles. The van der Waals surface area contributed by atoms with Crippen molar-refractivity contribution in [2.24, 2.45) is 7.05 Å². The van der Waals surface area contributed by atoms with Crippen LogP contribution in [0.3, 0.4) is 0 Å². The Morgan fingerprint density at radius 3 is 2.38 bits per heavy atom. The minimum atomic E-state index is -0.228. The van der Waals surface area contributed by atoms with Gasteiger partial charge in [0.1, 0.15) is 5.65 Å². The van der Waals surface area contributed by atoms with Gasteiger partial charge < -0.3 is 4.90 Å². The summed E-state index contributed by atoms with van der Waals surface area (Å²) in [6, 6.07) is 14.9. The number of hydrogen-bond donors (Lipinski definition) is 0. The molecule has 0 aliphatic carbocycles. The standard InChI is InChI=1S/C21H15Cl2IN4O/c1-27(14-8-6-13(24)7-9-14)21-25-11-12-10-15(20(29)28(2)19(12)26-21)18-16(22)4-3-5-17(18)23/h3-11H,1-2H3. The molecule has 0 spiro atoms. The Labute approximate surface area is 191 Å². The molecule has 0 saturated heterocycles. The molecule has 2 aromatic heterocycles. The van der Waals surface area contributed by atoms with E-state index in [4.69, 9.17) is 23.2 Å². The zero-order chi connectivity index (χ0) is 20.7. The summed E-state index contributed by atoms with van der Waals surface area (Å²) in [5, 5.41) is 1.56. The fourth-order valence-corrected chi connectivity index (χ4v) is 4.07. The van der Waals surface area contributed by atoms with E-state index in [0.717, 1.165) is 14.6 Å². The summed E-state index contributed by atoms with van der Waals surface area (Å²) in [5.41, 5.74) is 2.18. The second kappa shape index (κ2) is 7.93. The number of aromatic nitrogens is 3. The SMILES string of the molecule is CN(c1ccc(I)cc1)c1ncc2cc(-c3c(Cl)cccc3Cl)c(=O)n(C)c2n1. The molecule has 0 aliphatic heterocycles. The van der Waals surface area contributed by atoms with Gasteiger partial charge in [0, 0.05) is 40.5 Å². The zero-order valence-corrected chi connectivity index (χ0v) is 19.2. The lowest BCUT2D eigenvalue weighted by molar-refractivity contribution is 0.882. The molecule has 5 nitrogen and oxygen atoms in total. The quantitative estimate of drug-likeness (QED) is 0.316. The first-order valence-electron chi connectivity index (χ1n) is 8.67. The summed E-state index contributed by atoms with van der Waals surface area (Å²) in [5.74, 6) is 0.497. The molecule has 146 valence electrons. The average Bonchev–Trinajstić information content (AvgIpc) is 2.71. The normalized spacial score (nSPS) is 11.1. The molecule has 0 unspecified atom stereocenters. The van der Waals surface area contributed by atoms with Gasteiger partial charge in [-0.15, -0.1) is 0 Å². The molecule has 0 aliphatic rings. The summed E-state index contributed by atoms with van der Waals surface area (Å²) >= 11 is 14.9. The van der Waals surface area contributed by atoms with Gasteiger partial charge in [0.05, 0.1) is 15.6 Å². The lowest BCUT2D eigenvalue weighted by Gasteiger charge is -2.18. The van der Waals surface area contributed by atoms with E-state index in [9.17, 15) is 4.79 Å².